The van der Waals surface area contributed by atoms with Crippen LogP contribution in [-0.4, -0.2) is 18.7 Å². The third kappa shape index (κ3) is 3.53. The van der Waals surface area contributed by atoms with Crippen LogP contribution in [-0.2, 0) is 4.74 Å². The second kappa shape index (κ2) is 5.55. The monoisotopic (exact) mass is 209 g/mol. The standard InChI is InChI=1S/C13H23NO/c1-11-5-4-6-12(9-11)14-10-13-7-2-3-8-15-13/h3,8,11-14H,2,4-7,9-10H2,1H3. The molecule has 15 heavy (non-hydrogen) atoms. The lowest BCUT2D eigenvalue weighted by atomic mass is 9.87. The van der Waals surface area contributed by atoms with Crippen LogP contribution in [0, 0.1) is 5.92 Å². The van der Waals surface area contributed by atoms with Gasteiger partial charge in [-0.05, 0) is 37.7 Å². The summed E-state index contributed by atoms with van der Waals surface area (Å²) in [6.45, 7) is 3.40. The Morgan fingerprint density at radius 2 is 2.27 bits per heavy atom. The van der Waals surface area contributed by atoms with E-state index in [4.69, 9.17) is 4.74 Å². The van der Waals surface area contributed by atoms with E-state index < -0.39 is 0 Å². The van der Waals surface area contributed by atoms with Gasteiger partial charge in [0.15, 0.2) is 0 Å². The van der Waals surface area contributed by atoms with E-state index in [1.54, 1.807) is 0 Å². The first-order chi connectivity index (χ1) is 7.34. The number of ether oxygens (including phenoxy) is 1. The second-order valence-corrected chi connectivity index (χ2v) is 5.08. The van der Waals surface area contributed by atoms with E-state index in [1.165, 1.54) is 38.5 Å². The van der Waals surface area contributed by atoms with E-state index in [-0.39, 0.29) is 0 Å². The summed E-state index contributed by atoms with van der Waals surface area (Å²) in [5.74, 6) is 0.906. The molecule has 0 spiro atoms. The van der Waals surface area contributed by atoms with E-state index >= 15 is 0 Å². The van der Waals surface area contributed by atoms with Crippen molar-refractivity contribution in [2.45, 2.75) is 57.6 Å². The molecule has 1 aliphatic heterocycles. The highest BCUT2D eigenvalue weighted by Crippen LogP contribution is 2.23. The van der Waals surface area contributed by atoms with Crippen molar-refractivity contribution in [1.29, 1.82) is 0 Å². The molecule has 0 aromatic rings. The summed E-state index contributed by atoms with van der Waals surface area (Å²) < 4.78 is 5.55. The molecule has 2 heteroatoms. The maximum absolute atomic E-state index is 5.55. The van der Waals surface area contributed by atoms with Gasteiger partial charge in [0.1, 0.15) is 6.10 Å². The minimum atomic E-state index is 0.409. The van der Waals surface area contributed by atoms with Crippen LogP contribution in [0.1, 0.15) is 45.4 Å². The topological polar surface area (TPSA) is 21.3 Å². The summed E-state index contributed by atoms with van der Waals surface area (Å²) >= 11 is 0. The Bertz CT molecular complexity index is 215. The van der Waals surface area contributed by atoms with Gasteiger partial charge >= 0.3 is 0 Å². The molecule has 0 aromatic heterocycles. The molecule has 1 saturated carbocycles. The SMILES string of the molecule is CC1CCCC(NCC2CCC=CO2)C1. The predicted octanol–water partition coefficient (Wildman–Crippen LogP) is 2.85. The van der Waals surface area contributed by atoms with E-state index in [0.717, 1.165) is 18.5 Å². The fourth-order valence-corrected chi connectivity index (χ4v) is 2.65. The Morgan fingerprint density at radius 3 is 3.00 bits per heavy atom. The maximum atomic E-state index is 5.55. The number of rotatable bonds is 3. The summed E-state index contributed by atoms with van der Waals surface area (Å²) in [4.78, 5) is 0. The third-order valence-electron chi connectivity index (χ3n) is 3.59. The molecule has 86 valence electrons. The van der Waals surface area contributed by atoms with Gasteiger partial charge in [0.2, 0.25) is 0 Å². The van der Waals surface area contributed by atoms with Crippen LogP contribution in [0.5, 0.6) is 0 Å². The lowest BCUT2D eigenvalue weighted by Crippen LogP contribution is -2.39. The van der Waals surface area contributed by atoms with Gasteiger partial charge in [-0.1, -0.05) is 19.8 Å². The first kappa shape index (κ1) is 11.0. The van der Waals surface area contributed by atoms with Crippen LogP contribution in [0.4, 0.5) is 0 Å². The van der Waals surface area contributed by atoms with Gasteiger partial charge in [0.05, 0.1) is 6.26 Å². The van der Waals surface area contributed by atoms with Crippen molar-refractivity contribution >= 4 is 0 Å². The number of allylic oxidation sites excluding steroid dienone is 1. The van der Waals surface area contributed by atoms with E-state index in [2.05, 4.69) is 18.3 Å². The van der Waals surface area contributed by atoms with Crippen molar-refractivity contribution in [3.8, 4) is 0 Å². The normalized spacial score (nSPS) is 36.2. The van der Waals surface area contributed by atoms with Crippen LogP contribution in [0.3, 0.4) is 0 Å². The van der Waals surface area contributed by atoms with Gasteiger partial charge < -0.3 is 10.1 Å². The Morgan fingerprint density at radius 1 is 1.33 bits per heavy atom. The van der Waals surface area contributed by atoms with E-state index in [0.29, 0.717) is 6.10 Å². The molecule has 0 radical (unpaired) electrons. The van der Waals surface area contributed by atoms with Gasteiger partial charge in [-0.2, -0.15) is 0 Å². The number of hydrogen-bond donors (Lipinski definition) is 1. The van der Waals surface area contributed by atoms with Crippen LogP contribution in [0.2, 0.25) is 0 Å². The second-order valence-electron chi connectivity index (χ2n) is 5.08. The molecule has 1 fully saturated rings. The molecule has 3 unspecified atom stereocenters. The van der Waals surface area contributed by atoms with Gasteiger partial charge in [-0.25, -0.2) is 0 Å². The zero-order chi connectivity index (χ0) is 10.5. The van der Waals surface area contributed by atoms with Gasteiger partial charge in [0.25, 0.3) is 0 Å². The zero-order valence-electron chi connectivity index (χ0n) is 9.74. The minimum absolute atomic E-state index is 0.409. The highest BCUT2D eigenvalue weighted by molar-refractivity contribution is 4.84. The van der Waals surface area contributed by atoms with Gasteiger partial charge in [-0.3, -0.25) is 0 Å². The summed E-state index contributed by atoms with van der Waals surface area (Å²) in [5, 5.41) is 3.66. The maximum Gasteiger partial charge on any atom is 0.110 e. The molecular formula is C13H23NO. The van der Waals surface area contributed by atoms with Crippen molar-refractivity contribution in [2.24, 2.45) is 5.92 Å². The fourth-order valence-electron chi connectivity index (χ4n) is 2.65. The smallest absolute Gasteiger partial charge is 0.110 e. The van der Waals surface area contributed by atoms with Gasteiger partial charge in [0, 0.05) is 12.6 Å². The van der Waals surface area contributed by atoms with Crippen LogP contribution in [0.25, 0.3) is 0 Å². The predicted molar refractivity (Wildman–Crippen MR) is 62.7 cm³/mol. The molecule has 0 saturated heterocycles. The van der Waals surface area contributed by atoms with Crippen molar-refractivity contribution in [3.05, 3.63) is 12.3 Å². The highest BCUT2D eigenvalue weighted by Gasteiger charge is 2.20. The molecule has 1 N–H and O–H groups in total. The zero-order valence-corrected chi connectivity index (χ0v) is 9.74. The van der Waals surface area contributed by atoms with E-state index in [1.807, 2.05) is 6.26 Å². The molecule has 3 atom stereocenters. The van der Waals surface area contributed by atoms with Gasteiger partial charge in [-0.15, -0.1) is 0 Å². The Kier molecular flexibility index (Phi) is 4.07. The Labute approximate surface area is 93.1 Å². The first-order valence-corrected chi connectivity index (χ1v) is 6.38. The van der Waals surface area contributed by atoms with Crippen molar-refractivity contribution in [2.75, 3.05) is 6.54 Å². The molecule has 1 aliphatic carbocycles. The summed E-state index contributed by atoms with van der Waals surface area (Å²) in [5.41, 5.74) is 0. The molecular weight excluding hydrogens is 186 g/mol. The summed E-state index contributed by atoms with van der Waals surface area (Å²) in [7, 11) is 0. The largest absolute Gasteiger partial charge is 0.497 e. The molecule has 2 aliphatic rings. The van der Waals surface area contributed by atoms with Crippen LogP contribution < -0.4 is 5.32 Å². The van der Waals surface area contributed by atoms with Crippen molar-refractivity contribution in [1.82, 2.24) is 5.32 Å². The summed E-state index contributed by atoms with van der Waals surface area (Å²) in [6, 6.07) is 0.739. The Hall–Kier alpha value is -0.500. The van der Waals surface area contributed by atoms with E-state index in [9.17, 15) is 0 Å². The average molecular weight is 209 g/mol. The fraction of sp³-hybridized carbons (Fsp3) is 0.846. The quantitative estimate of drug-likeness (QED) is 0.771. The lowest BCUT2D eigenvalue weighted by molar-refractivity contribution is 0.115. The summed E-state index contributed by atoms with van der Waals surface area (Å²) in [6.07, 6.45) is 12.2. The average Bonchev–Trinajstić information content (AvgIpc) is 2.28. The first-order valence-electron chi connectivity index (χ1n) is 6.38. The molecule has 2 rings (SSSR count). The van der Waals surface area contributed by atoms with Crippen LogP contribution >= 0.6 is 0 Å². The molecule has 0 aromatic carbocycles. The highest BCUT2D eigenvalue weighted by atomic mass is 16.5. The molecule has 0 bridgehead atoms. The lowest BCUT2D eigenvalue weighted by Gasteiger charge is -2.29. The van der Waals surface area contributed by atoms with Crippen molar-refractivity contribution in [3.63, 3.8) is 0 Å². The third-order valence-corrected chi connectivity index (χ3v) is 3.59. The van der Waals surface area contributed by atoms with Crippen molar-refractivity contribution < 1.29 is 4.74 Å². The minimum Gasteiger partial charge on any atom is -0.497 e. The molecule has 1 heterocycles. The molecule has 0 amide bonds. The molecule has 2 nitrogen and oxygen atoms in total. The number of nitrogens with one attached hydrogen (secondary N) is 1. The Balaban J connectivity index is 1.66. The number of hydrogen-bond acceptors (Lipinski definition) is 2. The van der Waals surface area contributed by atoms with Crippen LogP contribution in [0.15, 0.2) is 12.3 Å².